The molecule has 0 bridgehead atoms. The number of hydrogen-bond donors (Lipinski definition) is 1. The smallest absolute Gasteiger partial charge is 0.123 e. The average Bonchev–Trinajstić information content (AvgIpc) is 3.20. The van der Waals surface area contributed by atoms with Crippen molar-refractivity contribution in [1.29, 1.82) is 0 Å². The lowest BCUT2D eigenvalue weighted by molar-refractivity contribution is 0.105. The summed E-state index contributed by atoms with van der Waals surface area (Å²) in [6.07, 6.45) is 2.46. The summed E-state index contributed by atoms with van der Waals surface area (Å²) >= 11 is 0. The first kappa shape index (κ1) is 19.2. The molecular formula is C22H21FN4O2. The van der Waals surface area contributed by atoms with Gasteiger partial charge in [-0.05, 0) is 48.4 Å². The van der Waals surface area contributed by atoms with Gasteiger partial charge in [0, 0.05) is 24.1 Å². The molecule has 0 fully saturated rings. The predicted molar refractivity (Wildman–Crippen MR) is 107 cm³/mol. The minimum Gasteiger partial charge on any atom is -0.396 e. The zero-order chi connectivity index (χ0) is 20.1. The van der Waals surface area contributed by atoms with Crippen LogP contribution in [0, 0.1) is 5.82 Å². The van der Waals surface area contributed by atoms with Gasteiger partial charge in [-0.3, -0.25) is 4.68 Å². The van der Waals surface area contributed by atoms with Crippen LogP contribution in [0.1, 0.15) is 17.7 Å². The zero-order valence-corrected chi connectivity index (χ0v) is 15.8. The molecule has 0 aliphatic heterocycles. The van der Waals surface area contributed by atoms with E-state index in [1.54, 1.807) is 16.8 Å². The molecule has 0 saturated carbocycles. The number of ether oxygens (including phenoxy) is 1. The topological polar surface area (TPSA) is 73.1 Å². The summed E-state index contributed by atoms with van der Waals surface area (Å²) in [5, 5.41) is 18.0. The first-order valence-corrected chi connectivity index (χ1v) is 9.45. The highest BCUT2D eigenvalue weighted by Crippen LogP contribution is 2.25. The van der Waals surface area contributed by atoms with Gasteiger partial charge in [-0.25, -0.2) is 9.37 Å². The van der Waals surface area contributed by atoms with Crippen molar-refractivity contribution in [3.8, 4) is 11.3 Å². The Hall–Kier alpha value is -3.16. The number of aromatic nitrogens is 4. The third kappa shape index (κ3) is 4.64. The summed E-state index contributed by atoms with van der Waals surface area (Å²) in [6.45, 7) is 1.47. The number of benzene rings is 2. The van der Waals surface area contributed by atoms with Crippen molar-refractivity contribution in [2.45, 2.75) is 26.2 Å². The van der Waals surface area contributed by atoms with Crippen molar-refractivity contribution >= 4 is 10.9 Å². The highest BCUT2D eigenvalue weighted by atomic mass is 19.1. The summed E-state index contributed by atoms with van der Waals surface area (Å²) < 4.78 is 20.9. The van der Waals surface area contributed by atoms with E-state index in [1.165, 1.54) is 12.1 Å². The number of halogens is 1. The van der Waals surface area contributed by atoms with E-state index < -0.39 is 0 Å². The van der Waals surface area contributed by atoms with Crippen LogP contribution in [0.4, 0.5) is 4.39 Å². The molecule has 148 valence electrons. The van der Waals surface area contributed by atoms with E-state index in [0.29, 0.717) is 26.2 Å². The number of para-hydroxylation sites is 1. The van der Waals surface area contributed by atoms with Gasteiger partial charge < -0.3 is 9.84 Å². The maximum Gasteiger partial charge on any atom is 0.123 e. The van der Waals surface area contributed by atoms with E-state index in [9.17, 15) is 4.39 Å². The van der Waals surface area contributed by atoms with Crippen LogP contribution in [0.5, 0.6) is 0 Å². The summed E-state index contributed by atoms with van der Waals surface area (Å²) in [7, 11) is 0. The predicted octanol–water partition coefficient (Wildman–Crippen LogP) is 3.73. The molecule has 0 radical (unpaired) electrons. The molecule has 0 saturated heterocycles. The lowest BCUT2D eigenvalue weighted by Gasteiger charge is -2.10. The Morgan fingerprint density at radius 3 is 2.69 bits per heavy atom. The second kappa shape index (κ2) is 8.89. The second-order valence-electron chi connectivity index (χ2n) is 6.73. The monoisotopic (exact) mass is 392 g/mol. The largest absolute Gasteiger partial charge is 0.396 e. The number of aliphatic hydroxyl groups excluding tert-OH is 1. The number of nitrogens with zero attached hydrogens (tertiary/aromatic N) is 4. The molecular weight excluding hydrogens is 371 g/mol. The van der Waals surface area contributed by atoms with Crippen LogP contribution in [0.2, 0.25) is 0 Å². The molecule has 2 aromatic carbocycles. The minimum absolute atomic E-state index is 0.122. The molecule has 4 aromatic rings. The van der Waals surface area contributed by atoms with Crippen LogP contribution in [0.15, 0.2) is 60.8 Å². The number of aryl methyl sites for hydroxylation is 1. The van der Waals surface area contributed by atoms with Crippen LogP contribution >= 0.6 is 0 Å². The van der Waals surface area contributed by atoms with Gasteiger partial charge in [-0.1, -0.05) is 23.4 Å². The number of fused-ring (bicyclic) bond motifs is 1. The van der Waals surface area contributed by atoms with Gasteiger partial charge in [0.2, 0.25) is 0 Å². The highest BCUT2D eigenvalue weighted by molar-refractivity contribution is 5.85. The van der Waals surface area contributed by atoms with Crippen molar-refractivity contribution in [3.05, 3.63) is 77.9 Å². The molecule has 7 heteroatoms. The van der Waals surface area contributed by atoms with E-state index in [4.69, 9.17) is 14.8 Å². The average molecular weight is 392 g/mol. The van der Waals surface area contributed by atoms with Gasteiger partial charge in [0.15, 0.2) is 0 Å². The summed E-state index contributed by atoms with van der Waals surface area (Å²) in [6, 6.07) is 16.2. The summed E-state index contributed by atoms with van der Waals surface area (Å²) in [4.78, 5) is 4.71. The van der Waals surface area contributed by atoms with Crippen LogP contribution in [0.25, 0.3) is 22.2 Å². The molecule has 0 amide bonds. The highest BCUT2D eigenvalue weighted by Gasteiger charge is 2.09. The van der Waals surface area contributed by atoms with Crippen molar-refractivity contribution < 1.29 is 14.2 Å². The molecule has 4 rings (SSSR count). The van der Waals surface area contributed by atoms with Gasteiger partial charge in [0.05, 0.1) is 30.6 Å². The Morgan fingerprint density at radius 1 is 1.03 bits per heavy atom. The first-order valence-electron chi connectivity index (χ1n) is 9.45. The van der Waals surface area contributed by atoms with Crippen molar-refractivity contribution in [3.63, 3.8) is 0 Å². The Bertz CT molecular complexity index is 1100. The van der Waals surface area contributed by atoms with Crippen LogP contribution < -0.4 is 0 Å². The standard InChI is InChI=1S/C22H21FN4O2/c23-18-8-6-16(7-9-18)22-12-17(20-4-1-2-5-21(20)24-22)14-29-15-19-13-27(26-25-19)10-3-11-28/h1-2,4-9,12-13,28H,3,10-11,14-15H2. The lowest BCUT2D eigenvalue weighted by atomic mass is 10.0. The third-order valence-electron chi connectivity index (χ3n) is 4.58. The Labute approximate surface area is 167 Å². The number of hydrogen-bond acceptors (Lipinski definition) is 5. The van der Waals surface area contributed by atoms with E-state index >= 15 is 0 Å². The van der Waals surface area contributed by atoms with Gasteiger partial charge in [-0.2, -0.15) is 0 Å². The molecule has 0 spiro atoms. The van der Waals surface area contributed by atoms with Crippen molar-refractivity contribution in [2.75, 3.05) is 6.61 Å². The molecule has 2 heterocycles. The maximum atomic E-state index is 13.3. The lowest BCUT2D eigenvalue weighted by Crippen LogP contribution is -2.00. The number of aliphatic hydroxyl groups is 1. The van der Waals surface area contributed by atoms with E-state index in [-0.39, 0.29) is 12.4 Å². The second-order valence-corrected chi connectivity index (χ2v) is 6.73. The Kier molecular flexibility index (Phi) is 5.88. The fraction of sp³-hybridized carbons (Fsp3) is 0.227. The van der Waals surface area contributed by atoms with E-state index in [2.05, 4.69) is 10.3 Å². The fourth-order valence-electron chi connectivity index (χ4n) is 3.15. The third-order valence-corrected chi connectivity index (χ3v) is 4.58. The van der Waals surface area contributed by atoms with E-state index in [0.717, 1.165) is 33.4 Å². The zero-order valence-electron chi connectivity index (χ0n) is 15.8. The Balaban J connectivity index is 1.53. The maximum absolute atomic E-state index is 13.3. The molecule has 29 heavy (non-hydrogen) atoms. The number of pyridine rings is 1. The van der Waals surface area contributed by atoms with Crippen molar-refractivity contribution in [1.82, 2.24) is 20.0 Å². The molecule has 1 N–H and O–H groups in total. The molecule has 0 unspecified atom stereocenters. The molecule has 0 atom stereocenters. The molecule has 0 aliphatic carbocycles. The SMILES string of the molecule is OCCCn1cc(COCc2cc(-c3ccc(F)cc3)nc3ccccc23)nn1. The molecule has 6 nitrogen and oxygen atoms in total. The van der Waals surface area contributed by atoms with Crippen molar-refractivity contribution in [2.24, 2.45) is 0 Å². The van der Waals surface area contributed by atoms with Crippen LogP contribution in [0.3, 0.4) is 0 Å². The van der Waals surface area contributed by atoms with Crippen LogP contribution in [-0.4, -0.2) is 31.7 Å². The van der Waals surface area contributed by atoms with Gasteiger partial charge in [0.1, 0.15) is 11.5 Å². The number of rotatable bonds is 8. The molecule has 0 aliphatic rings. The van der Waals surface area contributed by atoms with Gasteiger partial charge in [0.25, 0.3) is 0 Å². The Morgan fingerprint density at radius 2 is 1.86 bits per heavy atom. The van der Waals surface area contributed by atoms with Gasteiger partial charge >= 0.3 is 0 Å². The molecule has 2 aromatic heterocycles. The quantitative estimate of drug-likeness (QED) is 0.495. The first-order chi connectivity index (χ1) is 14.2. The van der Waals surface area contributed by atoms with E-state index in [1.807, 2.05) is 36.5 Å². The normalized spacial score (nSPS) is 11.2. The van der Waals surface area contributed by atoms with Crippen LogP contribution in [-0.2, 0) is 24.5 Å². The fourth-order valence-corrected chi connectivity index (χ4v) is 3.15. The summed E-state index contributed by atoms with van der Waals surface area (Å²) in [5.41, 5.74) is 4.23. The minimum atomic E-state index is -0.273. The van der Waals surface area contributed by atoms with Gasteiger partial charge in [-0.15, -0.1) is 5.10 Å². The summed E-state index contributed by atoms with van der Waals surface area (Å²) in [5.74, 6) is -0.273.